The highest BCUT2D eigenvalue weighted by molar-refractivity contribution is 5.85. The maximum Gasteiger partial charge on any atom is 0.325 e. The van der Waals surface area contributed by atoms with Crippen LogP contribution >= 0.6 is 12.4 Å². The molecule has 1 aliphatic carbocycles. The lowest BCUT2D eigenvalue weighted by molar-refractivity contribution is -0.149. The van der Waals surface area contributed by atoms with E-state index in [0.29, 0.717) is 18.9 Å². The Balaban J connectivity index is 0.00000220. The van der Waals surface area contributed by atoms with Crippen LogP contribution in [0.25, 0.3) is 0 Å². The molecule has 1 amide bonds. The number of esters is 1. The van der Waals surface area contributed by atoms with Crippen molar-refractivity contribution in [1.82, 2.24) is 10.2 Å². The average molecular weight is 319 g/mol. The Bertz CT molecular complexity index is 342. The predicted octanol–water partition coefficient (Wildman–Crippen LogP) is 1.74. The zero-order valence-electron chi connectivity index (χ0n) is 12.8. The molecule has 2 aliphatic rings. The van der Waals surface area contributed by atoms with Crippen LogP contribution in [0, 0.1) is 5.92 Å². The van der Waals surface area contributed by atoms with E-state index < -0.39 is 0 Å². The average Bonchev–Trinajstić information content (AvgIpc) is 3.28. The lowest BCUT2D eigenvalue weighted by Gasteiger charge is -2.25. The van der Waals surface area contributed by atoms with Crippen LogP contribution in [0.3, 0.4) is 0 Å². The number of ether oxygens (including phenoxy) is 1. The number of rotatable bonds is 7. The summed E-state index contributed by atoms with van der Waals surface area (Å²) in [5, 5.41) is 3.34. The largest absolute Gasteiger partial charge is 0.465 e. The molecular formula is C15H27ClN2O3. The predicted molar refractivity (Wildman–Crippen MR) is 83.4 cm³/mol. The molecule has 1 aliphatic heterocycles. The van der Waals surface area contributed by atoms with Gasteiger partial charge in [-0.25, -0.2) is 0 Å². The van der Waals surface area contributed by atoms with E-state index in [1.807, 2.05) is 0 Å². The van der Waals surface area contributed by atoms with Gasteiger partial charge in [0.05, 0.1) is 6.61 Å². The van der Waals surface area contributed by atoms with Gasteiger partial charge >= 0.3 is 5.97 Å². The van der Waals surface area contributed by atoms with Crippen LogP contribution < -0.4 is 5.32 Å². The number of nitrogens with one attached hydrogen (secondary N) is 1. The van der Waals surface area contributed by atoms with Crippen LogP contribution in [0.15, 0.2) is 0 Å². The quantitative estimate of drug-likeness (QED) is 0.726. The molecule has 1 N–H and O–H groups in total. The molecule has 0 aromatic rings. The van der Waals surface area contributed by atoms with Crippen LogP contribution in [-0.2, 0) is 14.3 Å². The Kier molecular flexibility index (Phi) is 8.04. The molecule has 0 atom stereocenters. The van der Waals surface area contributed by atoms with E-state index in [4.69, 9.17) is 4.74 Å². The maximum atomic E-state index is 12.3. The van der Waals surface area contributed by atoms with Gasteiger partial charge in [0, 0.05) is 12.5 Å². The Hall–Kier alpha value is -0.810. The Morgan fingerprint density at radius 1 is 1.19 bits per heavy atom. The normalized spacial score (nSPS) is 18.7. The van der Waals surface area contributed by atoms with Crippen LogP contribution in [0.5, 0.6) is 0 Å². The highest BCUT2D eigenvalue weighted by Crippen LogP contribution is 2.28. The third kappa shape index (κ3) is 6.22. The first-order chi connectivity index (χ1) is 9.70. The molecule has 2 fully saturated rings. The minimum Gasteiger partial charge on any atom is -0.465 e. The molecule has 21 heavy (non-hydrogen) atoms. The van der Waals surface area contributed by atoms with Crippen LogP contribution in [0.4, 0.5) is 0 Å². The van der Waals surface area contributed by atoms with E-state index in [0.717, 1.165) is 45.2 Å². The van der Waals surface area contributed by atoms with Crippen molar-refractivity contribution in [3.8, 4) is 0 Å². The summed E-state index contributed by atoms with van der Waals surface area (Å²) in [6.07, 6.45) is 5.90. The van der Waals surface area contributed by atoms with Gasteiger partial charge in [-0.3, -0.25) is 9.59 Å². The fourth-order valence-corrected chi connectivity index (χ4v) is 2.79. The first kappa shape index (κ1) is 18.2. The van der Waals surface area contributed by atoms with Crippen molar-refractivity contribution in [1.29, 1.82) is 0 Å². The Labute approximate surface area is 133 Å². The minimum atomic E-state index is -0.283. The summed E-state index contributed by atoms with van der Waals surface area (Å²) in [5.41, 5.74) is 0. The number of hydrogen-bond donors (Lipinski definition) is 1. The SMILES string of the molecule is CCOC(=O)CN(C(=O)CCC1CCNCC1)C1CC1.Cl. The third-order valence-electron chi connectivity index (χ3n) is 4.14. The first-order valence-electron chi connectivity index (χ1n) is 7.86. The number of carbonyl (C=O) groups excluding carboxylic acids is 2. The number of piperidine rings is 1. The monoisotopic (exact) mass is 318 g/mol. The van der Waals surface area contributed by atoms with Gasteiger partial charge in [-0.1, -0.05) is 0 Å². The molecule has 0 radical (unpaired) electrons. The maximum absolute atomic E-state index is 12.3. The molecule has 5 nitrogen and oxygen atoms in total. The molecule has 6 heteroatoms. The minimum absolute atomic E-state index is 0. The van der Waals surface area contributed by atoms with Crippen LogP contribution in [-0.4, -0.2) is 49.1 Å². The van der Waals surface area contributed by atoms with Gasteiger partial charge in [0.15, 0.2) is 0 Å². The summed E-state index contributed by atoms with van der Waals surface area (Å²) in [6.45, 7) is 4.42. The Morgan fingerprint density at radius 2 is 1.86 bits per heavy atom. The molecule has 0 aromatic heterocycles. The van der Waals surface area contributed by atoms with Crippen molar-refractivity contribution in [2.75, 3.05) is 26.2 Å². The molecule has 1 heterocycles. The number of hydrogen-bond acceptors (Lipinski definition) is 4. The second-order valence-corrected chi connectivity index (χ2v) is 5.79. The molecule has 1 saturated heterocycles. The Morgan fingerprint density at radius 3 is 2.43 bits per heavy atom. The zero-order chi connectivity index (χ0) is 14.4. The molecule has 0 bridgehead atoms. The van der Waals surface area contributed by atoms with Gasteiger partial charge in [0.1, 0.15) is 6.54 Å². The van der Waals surface area contributed by atoms with E-state index in [-0.39, 0.29) is 36.9 Å². The summed E-state index contributed by atoms with van der Waals surface area (Å²) < 4.78 is 4.95. The van der Waals surface area contributed by atoms with E-state index in [9.17, 15) is 9.59 Å². The molecule has 122 valence electrons. The molecular weight excluding hydrogens is 292 g/mol. The lowest BCUT2D eigenvalue weighted by atomic mass is 9.93. The van der Waals surface area contributed by atoms with E-state index >= 15 is 0 Å². The molecule has 2 rings (SSSR count). The van der Waals surface area contributed by atoms with Gasteiger partial charge < -0.3 is 15.0 Å². The van der Waals surface area contributed by atoms with Crippen molar-refractivity contribution in [3.63, 3.8) is 0 Å². The fraction of sp³-hybridized carbons (Fsp3) is 0.867. The summed E-state index contributed by atoms with van der Waals surface area (Å²) >= 11 is 0. The summed E-state index contributed by atoms with van der Waals surface area (Å²) in [5.74, 6) is 0.498. The van der Waals surface area contributed by atoms with Crippen LogP contribution in [0.2, 0.25) is 0 Å². The smallest absolute Gasteiger partial charge is 0.325 e. The highest BCUT2D eigenvalue weighted by atomic mass is 35.5. The second-order valence-electron chi connectivity index (χ2n) is 5.79. The molecule has 0 spiro atoms. The summed E-state index contributed by atoms with van der Waals surface area (Å²) in [4.78, 5) is 25.6. The van der Waals surface area contributed by atoms with E-state index in [1.54, 1.807) is 11.8 Å². The third-order valence-corrected chi connectivity index (χ3v) is 4.14. The number of amides is 1. The zero-order valence-corrected chi connectivity index (χ0v) is 13.6. The summed E-state index contributed by atoms with van der Waals surface area (Å²) in [6, 6.07) is 0.278. The lowest BCUT2D eigenvalue weighted by Crippen LogP contribution is -2.38. The standard InChI is InChI=1S/C15H26N2O3.ClH/c1-2-20-15(19)11-17(13-4-5-13)14(18)6-3-12-7-9-16-10-8-12;/h12-13,16H,2-11H2,1H3;1H. The van der Waals surface area contributed by atoms with Crippen molar-refractivity contribution >= 4 is 24.3 Å². The number of nitrogens with zero attached hydrogens (tertiary/aromatic N) is 1. The number of carbonyl (C=O) groups is 2. The van der Waals surface area contributed by atoms with Crippen molar-refractivity contribution in [2.45, 2.75) is 51.5 Å². The van der Waals surface area contributed by atoms with Gasteiger partial charge in [0.25, 0.3) is 0 Å². The van der Waals surface area contributed by atoms with Crippen LogP contribution in [0.1, 0.15) is 45.4 Å². The van der Waals surface area contributed by atoms with Gasteiger partial charge in [-0.15, -0.1) is 12.4 Å². The number of halogens is 1. The highest BCUT2D eigenvalue weighted by Gasteiger charge is 2.34. The van der Waals surface area contributed by atoms with Crippen molar-refractivity contribution in [2.24, 2.45) is 5.92 Å². The molecule has 0 aromatic carbocycles. The van der Waals surface area contributed by atoms with Gasteiger partial charge in [-0.2, -0.15) is 0 Å². The van der Waals surface area contributed by atoms with E-state index in [2.05, 4.69) is 5.32 Å². The molecule has 1 saturated carbocycles. The van der Waals surface area contributed by atoms with Gasteiger partial charge in [-0.05, 0) is 58.0 Å². The van der Waals surface area contributed by atoms with Gasteiger partial charge in [0.2, 0.25) is 5.91 Å². The van der Waals surface area contributed by atoms with Crippen molar-refractivity contribution in [3.05, 3.63) is 0 Å². The fourth-order valence-electron chi connectivity index (χ4n) is 2.79. The van der Waals surface area contributed by atoms with E-state index in [1.165, 1.54) is 0 Å². The topological polar surface area (TPSA) is 58.6 Å². The second kappa shape index (κ2) is 9.26. The van der Waals surface area contributed by atoms with Crippen molar-refractivity contribution < 1.29 is 14.3 Å². The summed E-state index contributed by atoms with van der Waals surface area (Å²) in [7, 11) is 0. The first-order valence-corrected chi connectivity index (χ1v) is 7.86. The molecule has 0 unspecified atom stereocenters.